The Morgan fingerprint density at radius 2 is 2.00 bits per heavy atom. The first-order chi connectivity index (χ1) is 7.24. The molecule has 0 amide bonds. The zero-order valence-corrected chi connectivity index (χ0v) is 9.71. The van der Waals surface area contributed by atoms with Crippen LogP contribution in [0.5, 0.6) is 0 Å². The monoisotopic (exact) mass is 206 g/mol. The molecular weight excluding hydrogens is 184 g/mol. The van der Waals surface area contributed by atoms with Crippen LogP contribution in [0.25, 0.3) is 0 Å². The van der Waals surface area contributed by atoms with E-state index in [0.717, 1.165) is 19.4 Å². The summed E-state index contributed by atoms with van der Waals surface area (Å²) < 4.78 is 0. The van der Waals surface area contributed by atoms with Gasteiger partial charge in [0, 0.05) is 12.6 Å². The van der Waals surface area contributed by atoms with Crippen molar-refractivity contribution in [2.75, 3.05) is 19.6 Å². The number of nitrogens with zero attached hydrogens (tertiary/aromatic N) is 1. The number of nitrogens with two attached hydrogens (primary N) is 1. The third kappa shape index (κ3) is 3.18. The topological polar surface area (TPSA) is 29.3 Å². The summed E-state index contributed by atoms with van der Waals surface area (Å²) in [5.41, 5.74) is 9.00. The highest BCUT2D eigenvalue weighted by molar-refractivity contribution is 5.21. The molecule has 0 bridgehead atoms. The Labute approximate surface area is 92.8 Å². The van der Waals surface area contributed by atoms with Gasteiger partial charge in [0.2, 0.25) is 0 Å². The maximum absolute atomic E-state index is 5.90. The van der Waals surface area contributed by atoms with Gasteiger partial charge in [-0.05, 0) is 45.7 Å². The molecule has 0 unspecified atom stereocenters. The van der Waals surface area contributed by atoms with Crippen molar-refractivity contribution in [1.29, 1.82) is 0 Å². The molecular formula is C13H22N2. The van der Waals surface area contributed by atoms with Crippen molar-refractivity contribution in [2.24, 2.45) is 5.73 Å². The lowest BCUT2D eigenvalue weighted by atomic mass is 9.99. The van der Waals surface area contributed by atoms with Crippen molar-refractivity contribution >= 4 is 0 Å². The second kappa shape index (κ2) is 4.95. The molecule has 84 valence electrons. The van der Waals surface area contributed by atoms with E-state index in [-0.39, 0.29) is 0 Å². The van der Waals surface area contributed by atoms with Crippen LogP contribution in [0.2, 0.25) is 0 Å². The van der Waals surface area contributed by atoms with Crippen LogP contribution in [-0.2, 0) is 0 Å². The first-order valence-electron chi connectivity index (χ1n) is 6.05. The summed E-state index contributed by atoms with van der Waals surface area (Å²) in [5, 5.41) is 0. The van der Waals surface area contributed by atoms with Crippen LogP contribution in [-0.4, -0.2) is 30.6 Å². The number of piperidine rings is 1. The minimum absolute atomic E-state index is 0.448. The number of allylic oxidation sites excluding steroid dienone is 3. The summed E-state index contributed by atoms with van der Waals surface area (Å²) in [6.45, 7) is 5.74. The highest BCUT2D eigenvalue weighted by Crippen LogP contribution is 2.19. The smallest absolute Gasteiger partial charge is 0.0196 e. The van der Waals surface area contributed by atoms with Crippen LogP contribution in [0.15, 0.2) is 23.3 Å². The molecule has 1 heterocycles. The van der Waals surface area contributed by atoms with Gasteiger partial charge in [-0.15, -0.1) is 0 Å². The van der Waals surface area contributed by atoms with Gasteiger partial charge in [-0.2, -0.15) is 0 Å². The lowest BCUT2D eigenvalue weighted by molar-refractivity contribution is 0.228. The van der Waals surface area contributed by atoms with Crippen LogP contribution in [0.4, 0.5) is 0 Å². The van der Waals surface area contributed by atoms with E-state index >= 15 is 0 Å². The van der Waals surface area contributed by atoms with Crippen molar-refractivity contribution in [3.63, 3.8) is 0 Å². The maximum Gasteiger partial charge on any atom is 0.0196 e. The summed E-state index contributed by atoms with van der Waals surface area (Å²) in [6, 6.07) is 0.448. The average Bonchev–Trinajstić information content (AvgIpc) is 2.25. The molecule has 1 saturated heterocycles. The van der Waals surface area contributed by atoms with E-state index in [4.69, 9.17) is 5.73 Å². The molecule has 0 aromatic rings. The second-order valence-corrected chi connectivity index (χ2v) is 4.93. The fourth-order valence-electron chi connectivity index (χ4n) is 2.30. The van der Waals surface area contributed by atoms with Gasteiger partial charge in [0.1, 0.15) is 0 Å². The van der Waals surface area contributed by atoms with E-state index in [2.05, 4.69) is 24.0 Å². The Morgan fingerprint density at radius 1 is 1.27 bits per heavy atom. The van der Waals surface area contributed by atoms with E-state index in [9.17, 15) is 0 Å². The van der Waals surface area contributed by atoms with E-state index in [1.54, 1.807) is 5.57 Å². The molecule has 0 spiro atoms. The van der Waals surface area contributed by atoms with E-state index in [0.29, 0.717) is 6.04 Å². The van der Waals surface area contributed by atoms with Crippen LogP contribution < -0.4 is 5.73 Å². The molecule has 2 N–H and O–H groups in total. The molecule has 1 aliphatic carbocycles. The minimum Gasteiger partial charge on any atom is -0.328 e. The van der Waals surface area contributed by atoms with E-state index in [1.165, 1.54) is 31.5 Å². The molecule has 0 aromatic heterocycles. The van der Waals surface area contributed by atoms with Crippen LogP contribution in [0.1, 0.15) is 32.6 Å². The average molecular weight is 206 g/mol. The zero-order chi connectivity index (χ0) is 10.7. The summed E-state index contributed by atoms with van der Waals surface area (Å²) >= 11 is 0. The Hall–Kier alpha value is -0.600. The molecule has 2 aliphatic rings. The number of rotatable bonds is 2. The summed E-state index contributed by atoms with van der Waals surface area (Å²) in [6.07, 6.45) is 9.43. The number of hydrogen-bond acceptors (Lipinski definition) is 2. The molecule has 2 rings (SSSR count). The number of hydrogen-bond donors (Lipinski definition) is 1. The highest BCUT2D eigenvalue weighted by Gasteiger charge is 2.16. The van der Waals surface area contributed by atoms with Crippen molar-refractivity contribution in [2.45, 2.75) is 38.6 Å². The molecule has 0 radical (unpaired) electrons. The number of likely N-dealkylation sites (tertiary alicyclic amines) is 1. The van der Waals surface area contributed by atoms with Gasteiger partial charge in [0.05, 0.1) is 0 Å². The minimum atomic E-state index is 0.448. The predicted octanol–water partition coefficient (Wildman–Crippen LogP) is 2.08. The molecule has 2 heteroatoms. The first-order valence-corrected chi connectivity index (χ1v) is 6.05. The first kappa shape index (κ1) is 10.9. The predicted molar refractivity (Wildman–Crippen MR) is 64.7 cm³/mol. The quantitative estimate of drug-likeness (QED) is 0.701. The Kier molecular flexibility index (Phi) is 3.60. The van der Waals surface area contributed by atoms with Gasteiger partial charge in [0.25, 0.3) is 0 Å². The largest absolute Gasteiger partial charge is 0.328 e. The lowest BCUT2D eigenvalue weighted by Gasteiger charge is -2.31. The van der Waals surface area contributed by atoms with Crippen molar-refractivity contribution < 1.29 is 0 Å². The van der Waals surface area contributed by atoms with Crippen LogP contribution in [0.3, 0.4) is 0 Å². The summed E-state index contributed by atoms with van der Waals surface area (Å²) in [7, 11) is 0. The Morgan fingerprint density at radius 3 is 2.60 bits per heavy atom. The molecule has 0 atom stereocenters. The van der Waals surface area contributed by atoms with Crippen LogP contribution in [0, 0.1) is 0 Å². The van der Waals surface area contributed by atoms with Gasteiger partial charge in [-0.25, -0.2) is 0 Å². The molecule has 2 nitrogen and oxygen atoms in total. The summed E-state index contributed by atoms with van der Waals surface area (Å²) in [4.78, 5) is 2.55. The van der Waals surface area contributed by atoms with Gasteiger partial charge in [-0.3, -0.25) is 4.90 Å². The van der Waals surface area contributed by atoms with Crippen molar-refractivity contribution in [3.05, 3.63) is 23.3 Å². The SMILES string of the molecule is CC1=CCC(CN2CCC(N)CC2)=CC1. The Bertz CT molecular complexity index is 270. The molecule has 1 aliphatic heterocycles. The van der Waals surface area contributed by atoms with Gasteiger partial charge in [0.15, 0.2) is 0 Å². The summed E-state index contributed by atoms with van der Waals surface area (Å²) in [5.74, 6) is 0. The van der Waals surface area contributed by atoms with Crippen molar-refractivity contribution in [1.82, 2.24) is 4.90 Å². The zero-order valence-electron chi connectivity index (χ0n) is 9.71. The fourth-order valence-corrected chi connectivity index (χ4v) is 2.30. The molecule has 15 heavy (non-hydrogen) atoms. The fraction of sp³-hybridized carbons (Fsp3) is 0.692. The highest BCUT2D eigenvalue weighted by atomic mass is 15.1. The molecule has 0 aromatic carbocycles. The van der Waals surface area contributed by atoms with Gasteiger partial charge in [-0.1, -0.05) is 23.3 Å². The van der Waals surface area contributed by atoms with Crippen molar-refractivity contribution in [3.8, 4) is 0 Å². The van der Waals surface area contributed by atoms with Crippen LogP contribution >= 0.6 is 0 Å². The standard InChI is InChI=1S/C13H22N2/c1-11-2-4-12(5-3-11)10-15-8-6-13(14)7-9-15/h2,5,13H,3-4,6-10,14H2,1H3. The normalized spacial score (nSPS) is 24.9. The second-order valence-electron chi connectivity index (χ2n) is 4.93. The maximum atomic E-state index is 5.90. The third-order valence-corrected chi connectivity index (χ3v) is 3.48. The van der Waals surface area contributed by atoms with Gasteiger partial charge < -0.3 is 5.73 Å². The molecule has 0 saturated carbocycles. The molecule has 1 fully saturated rings. The third-order valence-electron chi connectivity index (χ3n) is 3.48. The lowest BCUT2D eigenvalue weighted by Crippen LogP contribution is -2.40. The van der Waals surface area contributed by atoms with E-state index < -0.39 is 0 Å². The van der Waals surface area contributed by atoms with E-state index in [1.807, 2.05) is 0 Å². The van der Waals surface area contributed by atoms with Gasteiger partial charge >= 0.3 is 0 Å². The Balaban J connectivity index is 1.78.